The van der Waals surface area contributed by atoms with Crippen molar-refractivity contribution in [2.24, 2.45) is 10.6 Å². The van der Waals surface area contributed by atoms with Gasteiger partial charge in [0.05, 0.1) is 12.6 Å². The Morgan fingerprint density at radius 2 is 1.88 bits per heavy atom. The van der Waals surface area contributed by atoms with Crippen molar-refractivity contribution >= 4 is 26.8 Å². The lowest BCUT2D eigenvalue weighted by molar-refractivity contribution is 0.235. The first kappa shape index (κ1) is 17.5. The molecule has 0 unspecified atom stereocenters. The monoisotopic (exact) mass is 376 g/mol. The Bertz CT molecular complexity index is 923. The van der Waals surface area contributed by atoms with Gasteiger partial charge in [-0.05, 0) is 48.9 Å². The van der Waals surface area contributed by atoms with Crippen LogP contribution in [0.1, 0.15) is 19.3 Å². The number of fused-ring (bicyclic) bond motifs is 1. The molecule has 140 valence electrons. The number of ether oxygens (including phenoxy) is 1. The molecule has 0 amide bonds. The molecule has 0 atom stereocenters. The molecule has 1 aromatic heterocycles. The average Bonchev–Trinajstić information content (AvgIpc) is 3.06. The van der Waals surface area contributed by atoms with Crippen molar-refractivity contribution in [2.45, 2.75) is 19.3 Å². The highest BCUT2D eigenvalue weighted by Crippen LogP contribution is 2.42. The summed E-state index contributed by atoms with van der Waals surface area (Å²) in [5, 5.41) is 6.39. The van der Waals surface area contributed by atoms with Crippen molar-refractivity contribution in [3.8, 4) is 5.75 Å². The minimum absolute atomic E-state index is 0.0590. The maximum absolute atomic E-state index is 11.6. The molecule has 1 spiro atoms. The molecule has 7 nitrogen and oxygen atoms in total. The van der Waals surface area contributed by atoms with Crippen LogP contribution < -0.4 is 14.8 Å². The zero-order chi connectivity index (χ0) is 18.4. The van der Waals surface area contributed by atoms with Gasteiger partial charge in [-0.1, -0.05) is 0 Å². The van der Waals surface area contributed by atoms with Crippen LogP contribution >= 0.6 is 0 Å². The van der Waals surface area contributed by atoms with E-state index in [4.69, 9.17) is 9.88 Å². The van der Waals surface area contributed by atoms with Crippen molar-refractivity contribution in [3.05, 3.63) is 30.5 Å². The fourth-order valence-electron chi connectivity index (χ4n) is 4.25. The quantitative estimate of drug-likeness (QED) is 0.881. The second kappa shape index (κ2) is 6.37. The van der Waals surface area contributed by atoms with Gasteiger partial charge in [0.25, 0.3) is 10.2 Å². The Morgan fingerprint density at radius 3 is 2.54 bits per heavy atom. The average molecular weight is 376 g/mol. The first-order valence-corrected chi connectivity index (χ1v) is 10.4. The van der Waals surface area contributed by atoms with Gasteiger partial charge in [-0.25, -0.2) is 5.14 Å². The Hall–Kier alpha value is -1.90. The molecule has 2 aliphatic heterocycles. The molecule has 26 heavy (non-hydrogen) atoms. The molecule has 4 rings (SSSR count). The van der Waals surface area contributed by atoms with Crippen LogP contribution in [0.5, 0.6) is 5.75 Å². The van der Waals surface area contributed by atoms with E-state index in [9.17, 15) is 8.42 Å². The number of hydrogen-bond acceptors (Lipinski definition) is 5. The van der Waals surface area contributed by atoms with Crippen LogP contribution in [0.25, 0.3) is 10.9 Å². The van der Waals surface area contributed by atoms with E-state index in [0.717, 1.165) is 54.7 Å². The van der Waals surface area contributed by atoms with Crippen molar-refractivity contribution in [1.82, 2.24) is 9.29 Å². The van der Waals surface area contributed by atoms with E-state index in [1.165, 1.54) is 4.31 Å². The molecule has 1 aromatic carbocycles. The first-order valence-electron chi connectivity index (χ1n) is 8.86. The van der Waals surface area contributed by atoms with Gasteiger partial charge in [0.2, 0.25) is 0 Å². The van der Waals surface area contributed by atoms with Crippen LogP contribution in [0.4, 0.5) is 5.69 Å². The maximum atomic E-state index is 11.6. The third kappa shape index (κ3) is 3.13. The molecular weight excluding hydrogens is 352 g/mol. The molecule has 0 saturated carbocycles. The lowest BCUT2D eigenvalue weighted by Crippen LogP contribution is -2.43. The Labute approximate surface area is 153 Å². The second-order valence-electron chi connectivity index (χ2n) is 7.33. The van der Waals surface area contributed by atoms with Crippen LogP contribution in [0.3, 0.4) is 0 Å². The summed E-state index contributed by atoms with van der Waals surface area (Å²) in [5.74, 6) is 0.819. The summed E-state index contributed by atoms with van der Waals surface area (Å²) >= 11 is 0. The minimum atomic E-state index is -3.58. The molecule has 8 heteroatoms. The number of methoxy groups -OCH3 is 1. The molecule has 0 bridgehead atoms. The highest BCUT2D eigenvalue weighted by Gasteiger charge is 2.43. The number of nitrogens with zero attached hydrogens (tertiary/aromatic N) is 3. The predicted molar refractivity (Wildman–Crippen MR) is 101 cm³/mol. The van der Waals surface area contributed by atoms with Gasteiger partial charge >= 0.3 is 0 Å². The van der Waals surface area contributed by atoms with E-state index in [-0.39, 0.29) is 5.41 Å². The molecule has 2 saturated heterocycles. The normalized spacial score (nSPS) is 20.8. The molecule has 2 aliphatic rings. The third-order valence-electron chi connectivity index (χ3n) is 5.85. The SMILES string of the molecule is COc1ccc2nccc(N3CCC4(CC3)CCN(S(N)(=O)=O)C4)c2c1. The van der Waals surface area contributed by atoms with Crippen LogP contribution in [-0.4, -0.2) is 51.0 Å². The Morgan fingerprint density at radius 1 is 1.15 bits per heavy atom. The van der Waals surface area contributed by atoms with Crippen molar-refractivity contribution in [1.29, 1.82) is 0 Å². The van der Waals surface area contributed by atoms with E-state index in [1.807, 2.05) is 30.5 Å². The molecule has 2 aromatic rings. The number of pyridine rings is 1. The predicted octanol–water partition coefficient (Wildman–Crippen LogP) is 1.74. The minimum Gasteiger partial charge on any atom is -0.497 e. The smallest absolute Gasteiger partial charge is 0.276 e. The van der Waals surface area contributed by atoms with Crippen LogP contribution in [0, 0.1) is 5.41 Å². The van der Waals surface area contributed by atoms with Gasteiger partial charge in [-0.2, -0.15) is 12.7 Å². The van der Waals surface area contributed by atoms with E-state index < -0.39 is 10.2 Å². The fraction of sp³-hybridized carbons (Fsp3) is 0.500. The molecule has 0 aliphatic carbocycles. The van der Waals surface area contributed by atoms with Gasteiger partial charge in [0, 0.05) is 43.4 Å². The summed E-state index contributed by atoms with van der Waals surface area (Å²) in [6.07, 6.45) is 4.66. The summed E-state index contributed by atoms with van der Waals surface area (Å²) in [6, 6.07) is 7.97. The Kier molecular flexibility index (Phi) is 4.29. The number of nitrogens with two attached hydrogens (primary N) is 1. The van der Waals surface area contributed by atoms with E-state index in [0.29, 0.717) is 13.1 Å². The maximum Gasteiger partial charge on any atom is 0.276 e. The number of anilines is 1. The molecule has 2 fully saturated rings. The topological polar surface area (TPSA) is 88.8 Å². The number of benzene rings is 1. The van der Waals surface area contributed by atoms with Gasteiger partial charge in [-0.3, -0.25) is 4.98 Å². The zero-order valence-electron chi connectivity index (χ0n) is 14.9. The fourth-order valence-corrected chi connectivity index (χ4v) is 5.05. The first-order chi connectivity index (χ1) is 12.4. The highest BCUT2D eigenvalue weighted by molar-refractivity contribution is 7.86. The summed E-state index contributed by atoms with van der Waals surface area (Å²) < 4.78 is 30.0. The van der Waals surface area contributed by atoms with Crippen LogP contribution in [0.15, 0.2) is 30.5 Å². The summed E-state index contributed by atoms with van der Waals surface area (Å²) in [5.41, 5.74) is 2.17. The summed E-state index contributed by atoms with van der Waals surface area (Å²) in [7, 11) is -1.92. The van der Waals surface area contributed by atoms with Gasteiger partial charge in [0.15, 0.2) is 0 Å². The lowest BCUT2D eigenvalue weighted by Gasteiger charge is -2.40. The number of aromatic nitrogens is 1. The molecular formula is C18H24N4O3S. The van der Waals surface area contributed by atoms with Crippen molar-refractivity contribution in [2.75, 3.05) is 38.2 Å². The highest BCUT2D eigenvalue weighted by atomic mass is 32.2. The van der Waals surface area contributed by atoms with E-state index in [1.54, 1.807) is 7.11 Å². The zero-order valence-corrected chi connectivity index (χ0v) is 15.7. The molecule has 2 N–H and O–H groups in total. The Balaban J connectivity index is 1.55. The lowest BCUT2D eigenvalue weighted by atomic mass is 9.77. The summed E-state index contributed by atoms with van der Waals surface area (Å²) in [4.78, 5) is 6.82. The van der Waals surface area contributed by atoms with E-state index in [2.05, 4.69) is 9.88 Å². The molecule has 0 radical (unpaired) electrons. The van der Waals surface area contributed by atoms with Crippen LogP contribution in [0.2, 0.25) is 0 Å². The number of hydrogen-bond donors (Lipinski definition) is 1. The second-order valence-corrected chi connectivity index (χ2v) is 8.88. The summed E-state index contributed by atoms with van der Waals surface area (Å²) in [6.45, 7) is 2.88. The number of rotatable bonds is 3. The van der Waals surface area contributed by atoms with Crippen LogP contribution in [-0.2, 0) is 10.2 Å². The van der Waals surface area contributed by atoms with Gasteiger partial charge < -0.3 is 9.64 Å². The molecule has 3 heterocycles. The van der Waals surface area contributed by atoms with Crippen molar-refractivity contribution in [3.63, 3.8) is 0 Å². The van der Waals surface area contributed by atoms with Crippen molar-refractivity contribution < 1.29 is 13.2 Å². The largest absolute Gasteiger partial charge is 0.497 e. The third-order valence-corrected chi connectivity index (χ3v) is 6.89. The standard InChI is InChI=1S/C18H24N4O3S/c1-25-14-2-3-16-15(12-14)17(4-8-20-16)21-9-5-18(6-10-21)7-11-22(13-18)26(19,23)24/h2-4,8,12H,5-7,9-11,13H2,1H3,(H2,19,23,24). The number of piperidine rings is 1. The van der Waals surface area contributed by atoms with Gasteiger partial charge in [-0.15, -0.1) is 0 Å². The van der Waals surface area contributed by atoms with Gasteiger partial charge in [0.1, 0.15) is 5.75 Å². The van der Waals surface area contributed by atoms with E-state index >= 15 is 0 Å².